The molecule has 1 aromatic heterocycles. The maximum atomic E-state index is 11.7. The van der Waals surface area contributed by atoms with E-state index in [4.69, 9.17) is 4.42 Å². The van der Waals surface area contributed by atoms with E-state index in [0.717, 1.165) is 11.8 Å². The first-order valence-corrected chi connectivity index (χ1v) is 7.41. The van der Waals surface area contributed by atoms with Crippen molar-refractivity contribution in [1.82, 2.24) is 10.7 Å². The number of nitro groups is 1. The van der Waals surface area contributed by atoms with Crippen molar-refractivity contribution < 1.29 is 18.9 Å². The molecule has 0 aliphatic rings. The zero-order chi connectivity index (χ0) is 18.1. The topological polar surface area (TPSA) is 127 Å². The lowest BCUT2D eigenvalue weighted by Gasteiger charge is -2.04. The van der Waals surface area contributed by atoms with Gasteiger partial charge in [0.25, 0.3) is 0 Å². The van der Waals surface area contributed by atoms with Crippen molar-refractivity contribution in [3.8, 4) is 0 Å². The lowest BCUT2D eigenvalue weighted by atomic mass is 10.2. The second-order valence-electron chi connectivity index (χ2n) is 4.99. The second kappa shape index (κ2) is 8.96. The van der Waals surface area contributed by atoms with Crippen LogP contribution in [-0.4, -0.2) is 23.0 Å². The van der Waals surface area contributed by atoms with Crippen LogP contribution in [0.25, 0.3) is 0 Å². The molecule has 0 aliphatic heterocycles. The number of amides is 2. The number of furan rings is 1. The molecule has 0 atom stereocenters. The summed E-state index contributed by atoms with van der Waals surface area (Å²) in [7, 11) is 0. The third-order valence-corrected chi connectivity index (χ3v) is 3.09. The predicted octanol–water partition coefficient (Wildman–Crippen LogP) is 1.73. The molecular weight excluding hydrogens is 328 g/mol. The molecule has 0 spiro atoms. The maximum Gasteiger partial charge on any atom is 0.433 e. The zero-order valence-electron chi connectivity index (χ0n) is 13.2. The van der Waals surface area contributed by atoms with Crippen LogP contribution in [0.15, 0.2) is 52.0 Å². The summed E-state index contributed by atoms with van der Waals surface area (Å²) in [5.41, 5.74) is 3.19. The normalized spacial score (nSPS) is 10.6. The molecule has 0 bridgehead atoms. The van der Waals surface area contributed by atoms with Crippen molar-refractivity contribution in [2.75, 3.05) is 0 Å². The van der Waals surface area contributed by atoms with Crippen molar-refractivity contribution in [3.63, 3.8) is 0 Å². The monoisotopic (exact) mass is 344 g/mol. The fourth-order valence-corrected chi connectivity index (χ4v) is 1.85. The highest BCUT2D eigenvalue weighted by atomic mass is 16.6. The van der Waals surface area contributed by atoms with Gasteiger partial charge < -0.3 is 9.73 Å². The number of hydrogen-bond donors (Lipinski definition) is 2. The molecule has 0 saturated carbocycles. The molecule has 2 amide bonds. The zero-order valence-corrected chi connectivity index (χ0v) is 13.2. The summed E-state index contributed by atoms with van der Waals surface area (Å²) in [6.07, 6.45) is 1.14. The van der Waals surface area contributed by atoms with E-state index < -0.39 is 16.7 Å². The molecule has 1 heterocycles. The third kappa shape index (κ3) is 6.26. The highest BCUT2D eigenvalue weighted by Gasteiger charge is 2.10. The molecule has 0 aliphatic carbocycles. The highest BCUT2D eigenvalue weighted by Crippen LogP contribution is 2.13. The second-order valence-corrected chi connectivity index (χ2v) is 4.99. The van der Waals surface area contributed by atoms with Crippen molar-refractivity contribution in [1.29, 1.82) is 0 Å². The lowest BCUT2D eigenvalue weighted by Crippen LogP contribution is -2.25. The summed E-state index contributed by atoms with van der Waals surface area (Å²) in [5, 5.41) is 16.8. The number of benzene rings is 1. The Bertz CT molecular complexity index is 770. The van der Waals surface area contributed by atoms with E-state index in [1.165, 1.54) is 12.1 Å². The van der Waals surface area contributed by atoms with E-state index in [1.54, 1.807) is 0 Å². The Hall–Kier alpha value is -3.49. The summed E-state index contributed by atoms with van der Waals surface area (Å²) in [4.78, 5) is 33.0. The van der Waals surface area contributed by atoms with Gasteiger partial charge in [-0.05, 0) is 11.6 Å². The number of nitrogens with one attached hydrogen (secondary N) is 2. The Labute approximate surface area is 142 Å². The number of carbonyl (C=O) groups is 2. The fourth-order valence-electron chi connectivity index (χ4n) is 1.85. The van der Waals surface area contributed by atoms with Crippen LogP contribution in [-0.2, 0) is 16.1 Å². The van der Waals surface area contributed by atoms with Gasteiger partial charge in [0.1, 0.15) is 4.92 Å². The summed E-state index contributed by atoms with van der Waals surface area (Å²) >= 11 is 0. The molecule has 9 heteroatoms. The quantitative estimate of drug-likeness (QED) is 0.428. The molecule has 130 valence electrons. The minimum Gasteiger partial charge on any atom is -0.400 e. The number of hydrogen-bond acceptors (Lipinski definition) is 6. The first-order chi connectivity index (χ1) is 12.0. The molecule has 25 heavy (non-hydrogen) atoms. The van der Waals surface area contributed by atoms with E-state index in [0.29, 0.717) is 6.54 Å². The van der Waals surface area contributed by atoms with Gasteiger partial charge in [0.2, 0.25) is 11.8 Å². The van der Waals surface area contributed by atoms with Gasteiger partial charge in [-0.1, -0.05) is 30.3 Å². The fraction of sp³-hybridized carbons (Fsp3) is 0.188. The van der Waals surface area contributed by atoms with Gasteiger partial charge in [0.05, 0.1) is 12.3 Å². The van der Waals surface area contributed by atoms with E-state index in [2.05, 4.69) is 15.8 Å². The number of nitrogens with zero attached hydrogens (tertiary/aromatic N) is 2. The van der Waals surface area contributed by atoms with Crippen LogP contribution >= 0.6 is 0 Å². The van der Waals surface area contributed by atoms with Crippen molar-refractivity contribution >= 4 is 23.9 Å². The Kier molecular flexibility index (Phi) is 6.40. The van der Waals surface area contributed by atoms with Crippen LogP contribution in [0.2, 0.25) is 0 Å². The van der Waals surface area contributed by atoms with Crippen LogP contribution in [0, 0.1) is 10.1 Å². The molecule has 0 unspecified atom stereocenters. The molecule has 0 saturated heterocycles. The Balaban J connectivity index is 1.66. The van der Waals surface area contributed by atoms with E-state index >= 15 is 0 Å². The maximum absolute atomic E-state index is 11.7. The molecule has 9 nitrogen and oxygen atoms in total. The molecule has 1 aromatic carbocycles. The Morgan fingerprint density at radius 3 is 2.52 bits per heavy atom. The van der Waals surface area contributed by atoms with E-state index in [1.807, 2.05) is 30.3 Å². The first kappa shape index (κ1) is 17.9. The van der Waals surface area contributed by atoms with Crippen LogP contribution in [0.3, 0.4) is 0 Å². The summed E-state index contributed by atoms with van der Waals surface area (Å²) in [5.74, 6) is -0.979. The predicted molar refractivity (Wildman–Crippen MR) is 88.6 cm³/mol. The van der Waals surface area contributed by atoms with Crippen LogP contribution in [0.5, 0.6) is 0 Å². The number of carbonyl (C=O) groups excluding carboxylic acids is 2. The Morgan fingerprint density at radius 2 is 1.84 bits per heavy atom. The lowest BCUT2D eigenvalue weighted by molar-refractivity contribution is -0.402. The molecule has 0 radical (unpaired) electrons. The first-order valence-electron chi connectivity index (χ1n) is 7.41. The van der Waals surface area contributed by atoms with Crippen molar-refractivity contribution in [2.45, 2.75) is 19.4 Å². The number of rotatable bonds is 8. The molecule has 2 N–H and O–H groups in total. The van der Waals surface area contributed by atoms with Crippen LogP contribution in [0.4, 0.5) is 5.88 Å². The Morgan fingerprint density at radius 1 is 1.12 bits per heavy atom. The highest BCUT2D eigenvalue weighted by molar-refractivity contribution is 5.84. The van der Waals surface area contributed by atoms with Gasteiger partial charge in [-0.25, -0.2) is 5.43 Å². The minimum atomic E-state index is -0.677. The minimum absolute atomic E-state index is 0.0282. The number of hydrazone groups is 1. The van der Waals surface area contributed by atoms with Gasteiger partial charge in [0, 0.05) is 19.4 Å². The van der Waals surface area contributed by atoms with Crippen LogP contribution in [0.1, 0.15) is 24.2 Å². The van der Waals surface area contributed by atoms with Gasteiger partial charge in [0.15, 0.2) is 5.76 Å². The van der Waals surface area contributed by atoms with Gasteiger partial charge in [-0.15, -0.1) is 0 Å². The van der Waals surface area contributed by atoms with Gasteiger partial charge in [-0.3, -0.25) is 19.7 Å². The third-order valence-electron chi connectivity index (χ3n) is 3.09. The van der Waals surface area contributed by atoms with E-state index in [-0.39, 0.29) is 24.5 Å². The standard InChI is InChI=1S/C16H16N4O5/c21-14(17-10-12-4-2-1-3-5-12)7-8-15(22)19-18-11-13-6-9-16(25-13)20(23)24/h1-6,9,11H,7-8,10H2,(H,17,21)(H,19,22). The summed E-state index contributed by atoms with van der Waals surface area (Å²) in [6, 6.07) is 11.9. The summed E-state index contributed by atoms with van der Waals surface area (Å²) < 4.78 is 4.84. The van der Waals surface area contributed by atoms with Crippen molar-refractivity contribution in [2.24, 2.45) is 5.10 Å². The van der Waals surface area contributed by atoms with Gasteiger partial charge >= 0.3 is 5.88 Å². The average molecular weight is 344 g/mol. The van der Waals surface area contributed by atoms with E-state index in [9.17, 15) is 19.7 Å². The average Bonchev–Trinajstić information content (AvgIpc) is 3.08. The van der Waals surface area contributed by atoms with Crippen LogP contribution < -0.4 is 10.7 Å². The largest absolute Gasteiger partial charge is 0.433 e. The molecule has 2 rings (SSSR count). The molecule has 2 aromatic rings. The summed E-state index contributed by atoms with van der Waals surface area (Å²) in [6.45, 7) is 0.400. The molecule has 0 fully saturated rings. The van der Waals surface area contributed by atoms with Crippen molar-refractivity contribution in [3.05, 3.63) is 63.9 Å². The van der Waals surface area contributed by atoms with Gasteiger partial charge in [-0.2, -0.15) is 5.10 Å². The SMILES string of the molecule is O=C(CCC(=O)NN=Cc1ccc([N+](=O)[O-])o1)NCc1ccccc1. The molecular formula is C16H16N4O5. The smallest absolute Gasteiger partial charge is 0.400 e.